The van der Waals surface area contributed by atoms with Crippen LogP contribution in [0, 0.1) is 0 Å². The Bertz CT molecular complexity index is 1630. The standard InChI is InChI=1S/C35H56N4O4.C17H22N2O2/c1-3-5-7-9-11-14-26-36-34(40)38-30-18-22-32(23-19-30)42-28-16-13-17-29-43-33-24-20-31(21-25-33)39-35(41)37-27-15-12-10-8-6-4-2;18-14-4-8-16(9-5-14)20-12-2-1-3-13-21-17-10-6-15(19)7-11-17/h18-25H,3-17,26-29H2,1-2H3,(H2,36,38,40)(H2,37,39,41);4-11H,1-3,12-13,18-19H2. The van der Waals surface area contributed by atoms with Crippen molar-refractivity contribution in [2.24, 2.45) is 0 Å². The Labute approximate surface area is 383 Å². The Morgan fingerprint density at radius 1 is 0.375 bits per heavy atom. The lowest BCUT2D eigenvalue weighted by atomic mass is 10.1. The smallest absolute Gasteiger partial charge is 0.319 e. The molecule has 4 rings (SSSR count). The van der Waals surface area contributed by atoms with E-state index in [2.05, 4.69) is 35.1 Å². The first-order chi connectivity index (χ1) is 31.3. The number of hydrogen-bond acceptors (Lipinski definition) is 8. The average molecular weight is 883 g/mol. The monoisotopic (exact) mass is 883 g/mol. The maximum Gasteiger partial charge on any atom is 0.319 e. The summed E-state index contributed by atoms with van der Waals surface area (Å²) in [6.07, 6.45) is 20.4. The molecule has 64 heavy (non-hydrogen) atoms. The third-order valence-electron chi connectivity index (χ3n) is 10.3. The Balaban J connectivity index is 0.000000430. The molecule has 12 nitrogen and oxygen atoms in total. The van der Waals surface area contributed by atoms with Crippen molar-refractivity contribution in [3.05, 3.63) is 97.1 Å². The van der Waals surface area contributed by atoms with Gasteiger partial charge in [-0.15, -0.1) is 0 Å². The molecule has 4 aromatic carbocycles. The van der Waals surface area contributed by atoms with Gasteiger partial charge in [0.1, 0.15) is 23.0 Å². The summed E-state index contributed by atoms with van der Waals surface area (Å²) >= 11 is 0. The van der Waals surface area contributed by atoms with E-state index in [-0.39, 0.29) is 12.1 Å². The number of hydrogen-bond donors (Lipinski definition) is 6. The number of nitrogens with one attached hydrogen (secondary N) is 4. The van der Waals surface area contributed by atoms with E-state index in [4.69, 9.17) is 30.4 Å². The molecule has 0 aromatic heterocycles. The molecule has 0 spiro atoms. The van der Waals surface area contributed by atoms with Crippen molar-refractivity contribution in [3.63, 3.8) is 0 Å². The topological polar surface area (TPSA) is 171 Å². The molecule has 0 heterocycles. The molecular formula is C52H78N6O6. The second-order valence-corrected chi connectivity index (χ2v) is 16.0. The van der Waals surface area contributed by atoms with Crippen molar-refractivity contribution in [2.75, 3.05) is 61.6 Å². The minimum absolute atomic E-state index is 0.168. The summed E-state index contributed by atoms with van der Waals surface area (Å²) in [5.74, 6) is 3.31. The highest BCUT2D eigenvalue weighted by Crippen LogP contribution is 2.19. The number of benzene rings is 4. The first-order valence-corrected chi connectivity index (χ1v) is 23.9. The normalized spacial score (nSPS) is 10.5. The van der Waals surface area contributed by atoms with Crippen LogP contribution >= 0.6 is 0 Å². The van der Waals surface area contributed by atoms with Crippen LogP contribution in [0.2, 0.25) is 0 Å². The SMILES string of the molecule is CCCCCCCCNC(=O)Nc1ccc(OCCCCCOc2ccc(NC(=O)NCCCCCCCC)cc2)cc1.Nc1ccc(OCCCCCOc2ccc(N)cc2)cc1. The van der Waals surface area contributed by atoms with Crippen molar-refractivity contribution >= 4 is 34.8 Å². The molecule has 0 bridgehead atoms. The van der Waals surface area contributed by atoms with E-state index < -0.39 is 0 Å². The van der Waals surface area contributed by atoms with Crippen molar-refractivity contribution in [2.45, 2.75) is 129 Å². The van der Waals surface area contributed by atoms with Gasteiger partial charge in [0.05, 0.1) is 26.4 Å². The quantitative estimate of drug-likeness (QED) is 0.0208. The van der Waals surface area contributed by atoms with Crippen LogP contribution in [0.3, 0.4) is 0 Å². The van der Waals surface area contributed by atoms with Crippen LogP contribution < -0.4 is 51.7 Å². The molecule has 0 aliphatic carbocycles. The van der Waals surface area contributed by atoms with Gasteiger partial charge >= 0.3 is 12.1 Å². The molecular weight excluding hydrogens is 805 g/mol. The number of nitrogen functional groups attached to an aromatic ring is 2. The number of amides is 4. The first-order valence-electron chi connectivity index (χ1n) is 23.9. The molecule has 0 atom stereocenters. The van der Waals surface area contributed by atoms with Crippen LogP contribution in [0.5, 0.6) is 23.0 Å². The van der Waals surface area contributed by atoms with E-state index in [1.54, 1.807) is 0 Å². The first kappa shape index (κ1) is 52.6. The molecule has 0 aliphatic rings. The van der Waals surface area contributed by atoms with Gasteiger partial charge in [0.2, 0.25) is 0 Å². The molecule has 4 aromatic rings. The zero-order valence-electron chi connectivity index (χ0n) is 38.8. The zero-order chi connectivity index (χ0) is 45.7. The van der Waals surface area contributed by atoms with Gasteiger partial charge in [0.25, 0.3) is 0 Å². The van der Waals surface area contributed by atoms with Crippen molar-refractivity contribution < 1.29 is 28.5 Å². The lowest BCUT2D eigenvalue weighted by Crippen LogP contribution is -2.29. The summed E-state index contributed by atoms with van der Waals surface area (Å²) in [6.45, 7) is 8.53. The van der Waals surface area contributed by atoms with Gasteiger partial charge in [-0.05, 0) is 148 Å². The molecule has 0 fully saturated rings. The van der Waals surface area contributed by atoms with Crippen LogP contribution in [0.25, 0.3) is 0 Å². The molecule has 4 amide bonds. The van der Waals surface area contributed by atoms with Gasteiger partial charge < -0.3 is 51.7 Å². The Hall–Kier alpha value is -5.78. The van der Waals surface area contributed by atoms with E-state index in [0.717, 1.165) is 110 Å². The highest BCUT2D eigenvalue weighted by atomic mass is 16.5. The van der Waals surface area contributed by atoms with Gasteiger partial charge in [-0.2, -0.15) is 0 Å². The van der Waals surface area contributed by atoms with Gasteiger partial charge in [-0.25, -0.2) is 9.59 Å². The summed E-state index contributed by atoms with van der Waals surface area (Å²) in [5.41, 5.74) is 14.2. The highest BCUT2D eigenvalue weighted by molar-refractivity contribution is 5.89. The number of nitrogens with two attached hydrogens (primary N) is 2. The lowest BCUT2D eigenvalue weighted by molar-refractivity contribution is 0.251. The fraction of sp³-hybridized carbons (Fsp3) is 0.500. The fourth-order valence-electron chi connectivity index (χ4n) is 6.48. The number of ether oxygens (including phenoxy) is 4. The van der Waals surface area contributed by atoms with E-state index in [9.17, 15) is 9.59 Å². The summed E-state index contributed by atoms with van der Waals surface area (Å²) in [6, 6.07) is 29.5. The van der Waals surface area contributed by atoms with Gasteiger partial charge in [0, 0.05) is 35.8 Å². The van der Waals surface area contributed by atoms with Crippen molar-refractivity contribution in [1.82, 2.24) is 10.6 Å². The van der Waals surface area contributed by atoms with Crippen molar-refractivity contribution in [1.29, 1.82) is 0 Å². The molecule has 0 saturated heterocycles. The molecule has 0 radical (unpaired) electrons. The van der Waals surface area contributed by atoms with Crippen LogP contribution in [-0.2, 0) is 0 Å². The third-order valence-corrected chi connectivity index (χ3v) is 10.3. The summed E-state index contributed by atoms with van der Waals surface area (Å²) in [4.78, 5) is 24.1. The maximum atomic E-state index is 12.1. The molecule has 352 valence electrons. The largest absolute Gasteiger partial charge is 0.494 e. The number of anilines is 4. The third kappa shape index (κ3) is 26.6. The van der Waals surface area contributed by atoms with E-state index in [1.165, 1.54) is 51.4 Å². The molecule has 8 N–H and O–H groups in total. The molecule has 0 aliphatic heterocycles. The van der Waals surface area contributed by atoms with Gasteiger partial charge in [0.15, 0.2) is 0 Å². The van der Waals surface area contributed by atoms with E-state index in [0.29, 0.717) is 39.5 Å². The summed E-state index contributed by atoms with van der Waals surface area (Å²) in [7, 11) is 0. The molecule has 0 saturated carbocycles. The van der Waals surface area contributed by atoms with E-state index >= 15 is 0 Å². The summed E-state index contributed by atoms with van der Waals surface area (Å²) in [5, 5.41) is 11.6. The predicted octanol–water partition coefficient (Wildman–Crippen LogP) is 12.8. The minimum atomic E-state index is -0.168. The number of carbonyl (C=O) groups is 2. The summed E-state index contributed by atoms with van der Waals surface area (Å²) < 4.78 is 22.9. The second-order valence-electron chi connectivity index (χ2n) is 16.0. The Morgan fingerprint density at radius 3 is 0.953 bits per heavy atom. The average Bonchev–Trinajstić information content (AvgIpc) is 3.30. The Kier molecular flexibility index (Phi) is 28.5. The van der Waals surface area contributed by atoms with Crippen molar-refractivity contribution in [3.8, 4) is 23.0 Å². The number of rotatable bonds is 32. The molecule has 12 heteroatoms. The minimum Gasteiger partial charge on any atom is -0.494 e. The number of carbonyl (C=O) groups excluding carboxylic acids is 2. The number of unbranched alkanes of at least 4 members (excludes halogenated alkanes) is 14. The number of urea groups is 2. The van der Waals surface area contributed by atoms with Crippen LogP contribution in [0.4, 0.5) is 32.3 Å². The Morgan fingerprint density at radius 2 is 0.641 bits per heavy atom. The second kappa shape index (κ2) is 34.7. The van der Waals surface area contributed by atoms with Crippen LogP contribution in [0.1, 0.15) is 129 Å². The maximum absolute atomic E-state index is 12.1. The predicted molar refractivity (Wildman–Crippen MR) is 265 cm³/mol. The fourth-order valence-corrected chi connectivity index (χ4v) is 6.48. The van der Waals surface area contributed by atoms with E-state index in [1.807, 2.05) is 97.1 Å². The van der Waals surface area contributed by atoms with Crippen LogP contribution in [0.15, 0.2) is 97.1 Å². The zero-order valence-corrected chi connectivity index (χ0v) is 38.8. The lowest BCUT2D eigenvalue weighted by Gasteiger charge is -2.10. The van der Waals surface area contributed by atoms with Gasteiger partial charge in [-0.1, -0.05) is 78.1 Å². The molecule has 0 unspecified atom stereocenters. The van der Waals surface area contributed by atoms with Gasteiger partial charge in [-0.3, -0.25) is 0 Å². The highest BCUT2D eigenvalue weighted by Gasteiger charge is 2.04. The van der Waals surface area contributed by atoms with Crippen LogP contribution in [-0.4, -0.2) is 51.6 Å².